The number of halogens is 1. The van der Waals surface area contributed by atoms with Crippen molar-refractivity contribution in [3.05, 3.63) is 107 Å². The maximum Gasteiger partial charge on any atom is 0.411 e. The minimum Gasteiger partial charge on any atom is -0.445 e. The van der Waals surface area contributed by atoms with Gasteiger partial charge in [0.2, 0.25) is 0 Å². The predicted molar refractivity (Wildman–Crippen MR) is 109 cm³/mol. The molecule has 1 atom stereocenters. The van der Waals surface area contributed by atoms with Gasteiger partial charge in [0.15, 0.2) is 0 Å². The second kappa shape index (κ2) is 8.62. The number of ether oxygens (including phenoxy) is 1. The average Bonchev–Trinajstić information content (AvgIpc) is 2.76. The summed E-state index contributed by atoms with van der Waals surface area (Å²) in [7, 11) is 0. The number of nitrogens with zero attached hydrogens (tertiary/aromatic N) is 1. The van der Waals surface area contributed by atoms with Crippen LogP contribution in [-0.2, 0) is 17.8 Å². The van der Waals surface area contributed by atoms with Gasteiger partial charge >= 0.3 is 6.09 Å². The van der Waals surface area contributed by atoms with E-state index in [1.165, 1.54) is 12.1 Å². The zero-order chi connectivity index (χ0) is 20.1. The molecule has 0 saturated carbocycles. The van der Waals surface area contributed by atoms with Crippen LogP contribution < -0.4 is 0 Å². The van der Waals surface area contributed by atoms with Gasteiger partial charge in [0.1, 0.15) is 18.5 Å². The van der Waals surface area contributed by atoms with Gasteiger partial charge in [0.05, 0.1) is 0 Å². The van der Waals surface area contributed by atoms with E-state index in [-0.39, 0.29) is 12.4 Å². The van der Waals surface area contributed by atoms with Crippen molar-refractivity contribution < 1.29 is 13.9 Å². The molecule has 0 unspecified atom stereocenters. The van der Waals surface area contributed by atoms with Crippen molar-refractivity contribution in [2.75, 3.05) is 6.54 Å². The fourth-order valence-corrected chi connectivity index (χ4v) is 3.44. The Balaban J connectivity index is 1.59. The van der Waals surface area contributed by atoms with Crippen LogP contribution in [0, 0.1) is 17.7 Å². The molecule has 4 rings (SSSR count). The van der Waals surface area contributed by atoms with E-state index in [2.05, 4.69) is 17.9 Å². The molecule has 3 aromatic rings. The number of amides is 1. The van der Waals surface area contributed by atoms with E-state index in [4.69, 9.17) is 4.74 Å². The Labute approximate surface area is 169 Å². The fourth-order valence-electron chi connectivity index (χ4n) is 3.44. The van der Waals surface area contributed by atoms with Crippen molar-refractivity contribution in [3.63, 3.8) is 0 Å². The van der Waals surface area contributed by atoms with E-state index in [0.29, 0.717) is 12.1 Å². The quantitative estimate of drug-likeness (QED) is 0.574. The molecule has 0 N–H and O–H groups in total. The molecule has 0 saturated heterocycles. The zero-order valence-electron chi connectivity index (χ0n) is 15.8. The number of hydrogen-bond acceptors (Lipinski definition) is 2. The lowest BCUT2D eigenvalue weighted by atomic mass is 9.93. The molecule has 1 aliphatic rings. The lowest BCUT2D eigenvalue weighted by Crippen LogP contribution is -2.39. The van der Waals surface area contributed by atoms with E-state index in [9.17, 15) is 9.18 Å². The largest absolute Gasteiger partial charge is 0.445 e. The highest BCUT2D eigenvalue weighted by Crippen LogP contribution is 2.30. The van der Waals surface area contributed by atoms with Gasteiger partial charge in [-0.1, -0.05) is 72.5 Å². The first-order chi connectivity index (χ1) is 14.2. The van der Waals surface area contributed by atoms with Gasteiger partial charge in [-0.2, -0.15) is 0 Å². The van der Waals surface area contributed by atoms with Gasteiger partial charge < -0.3 is 4.74 Å². The Bertz CT molecular complexity index is 1070. The maximum absolute atomic E-state index is 13.5. The molecule has 3 aromatic carbocycles. The summed E-state index contributed by atoms with van der Waals surface area (Å²) < 4.78 is 19.0. The first-order valence-corrected chi connectivity index (χ1v) is 9.53. The summed E-state index contributed by atoms with van der Waals surface area (Å²) in [5, 5.41) is 0. The van der Waals surface area contributed by atoms with E-state index in [1.807, 2.05) is 48.5 Å². The summed E-state index contributed by atoms with van der Waals surface area (Å²) in [4.78, 5) is 14.5. The van der Waals surface area contributed by atoms with E-state index >= 15 is 0 Å². The Hall–Kier alpha value is -3.58. The fraction of sp³-hybridized carbons (Fsp3) is 0.160. The zero-order valence-corrected chi connectivity index (χ0v) is 15.8. The predicted octanol–water partition coefficient (Wildman–Crippen LogP) is 5.11. The van der Waals surface area contributed by atoms with Gasteiger partial charge in [-0.25, -0.2) is 9.18 Å². The third-order valence-corrected chi connectivity index (χ3v) is 4.90. The van der Waals surface area contributed by atoms with Crippen molar-refractivity contribution in [2.45, 2.75) is 19.1 Å². The summed E-state index contributed by atoms with van der Waals surface area (Å²) in [5.41, 5.74) is 3.66. The molecule has 0 radical (unpaired) electrons. The Kier molecular flexibility index (Phi) is 5.58. The molecule has 0 aromatic heterocycles. The molecule has 1 heterocycles. The normalized spacial score (nSPS) is 15.1. The summed E-state index contributed by atoms with van der Waals surface area (Å²) in [6, 6.07) is 23.2. The topological polar surface area (TPSA) is 29.5 Å². The maximum atomic E-state index is 13.5. The highest BCUT2D eigenvalue weighted by Gasteiger charge is 2.30. The second-order valence-corrected chi connectivity index (χ2v) is 6.86. The number of benzene rings is 3. The SMILES string of the molecule is O=C(OCc1ccccc1)N1CCc2ccccc2[C@@H]1C#Cc1cccc(F)c1. The van der Waals surface area contributed by atoms with Crippen molar-refractivity contribution in [2.24, 2.45) is 0 Å². The summed E-state index contributed by atoms with van der Waals surface area (Å²) in [6.45, 7) is 0.731. The lowest BCUT2D eigenvalue weighted by Gasteiger charge is -2.33. The molecule has 4 heteroatoms. The summed E-state index contributed by atoms with van der Waals surface area (Å²) in [5.74, 6) is 5.84. The van der Waals surface area contributed by atoms with Gasteiger partial charge in [-0.15, -0.1) is 0 Å². The van der Waals surface area contributed by atoms with Crippen molar-refractivity contribution in [1.29, 1.82) is 0 Å². The van der Waals surface area contributed by atoms with Crippen LogP contribution >= 0.6 is 0 Å². The third kappa shape index (κ3) is 4.47. The summed E-state index contributed by atoms with van der Waals surface area (Å²) >= 11 is 0. The van der Waals surface area contributed by atoms with Crippen LogP contribution in [0.1, 0.15) is 28.3 Å². The molecule has 0 bridgehead atoms. The van der Waals surface area contributed by atoms with Gasteiger partial charge in [-0.3, -0.25) is 4.90 Å². The molecular weight excluding hydrogens is 365 g/mol. The smallest absolute Gasteiger partial charge is 0.411 e. The molecule has 0 fully saturated rings. The number of hydrogen-bond donors (Lipinski definition) is 0. The van der Waals surface area contributed by atoms with E-state index in [0.717, 1.165) is 23.1 Å². The molecular formula is C25H20FNO2. The number of rotatable bonds is 2. The third-order valence-electron chi connectivity index (χ3n) is 4.90. The van der Waals surface area contributed by atoms with E-state index in [1.54, 1.807) is 17.0 Å². The van der Waals surface area contributed by atoms with Crippen LogP contribution in [0.3, 0.4) is 0 Å². The van der Waals surface area contributed by atoms with Crippen LogP contribution in [-0.4, -0.2) is 17.5 Å². The highest BCUT2D eigenvalue weighted by molar-refractivity contribution is 5.70. The Morgan fingerprint density at radius 2 is 1.83 bits per heavy atom. The van der Waals surface area contributed by atoms with Crippen LogP contribution in [0.25, 0.3) is 0 Å². The van der Waals surface area contributed by atoms with Crippen molar-refractivity contribution in [1.82, 2.24) is 4.90 Å². The van der Waals surface area contributed by atoms with Gasteiger partial charge in [-0.05, 0) is 41.3 Å². The van der Waals surface area contributed by atoms with Crippen molar-refractivity contribution >= 4 is 6.09 Å². The minimum absolute atomic E-state index is 0.210. The second-order valence-electron chi connectivity index (χ2n) is 6.86. The molecule has 144 valence electrons. The van der Waals surface area contributed by atoms with Gasteiger partial charge in [0, 0.05) is 12.1 Å². The number of carbonyl (C=O) groups excluding carboxylic acids is 1. The van der Waals surface area contributed by atoms with Crippen molar-refractivity contribution in [3.8, 4) is 11.8 Å². The van der Waals surface area contributed by atoms with E-state index < -0.39 is 12.1 Å². The number of fused-ring (bicyclic) bond motifs is 1. The van der Waals surface area contributed by atoms with Gasteiger partial charge in [0.25, 0.3) is 0 Å². The Morgan fingerprint density at radius 3 is 2.66 bits per heavy atom. The summed E-state index contributed by atoms with van der Waals surface area (Å²) in [6.07, 6.45) is 0.344. The van der Waals surface area contributed by atoms with Crippen LogP contribution in [0.15, 0.2) is 78.9 Å². The van der Waals surface area contributed by atoms with Crippen LogP contribution in [0.4, 0.5) is 9.18 Å². The monoisotopic (exact) mass is 385 g/mol. The molecule has 1 aliphatic heterocycles. The minimum atomic E-state index is -0.438. The van der Waals surface area contributed by atoms with Crippen LogP contribution in [0.2, 0.25) is 0 Å². The molecule has 29 heavy (non-hydrogen) atoms. The standard InChI is InChI=1S/C25H20FNO2/c26-22-11-6-9-19(17-22)13-14-24-23-12-5-4-10-21(23)15-16-27(24)25(28)29-18-20-7-2-1-3-8-20/h1-12,17,24H,15-16,18H2/t24-/m0/s1. The molecule has 3 nitrogen and oxygen atoms in total. The highest BCUT2D eigenvalue weighted by atomic mass is 19.1. The molecule has 1 amide bonds. The molecule has 0 spiro atoms. The first kappa shape index (κ1) is 18.8. The molecule has 0 aliphatic carbocycles. The van der Waals surface area contributed by atoms with Crippen LogP contribution in [0.5, 0.6) is 0 Å². The first-order valence-electron chi connectivity index (χ1n) is 9.53. The Morgan fingerprint density at radius 1 is 1.03 bits per heavy atom. The number of carbonyl (C=O) groups is 1. The average molecular weight is 385 g/mol. The lowest BCUT2D eigenvalue weighted by molar-refractivity contribution is 0.0862.